The Kier molecular flexibility index (Phi) is 7.05. The molecule has 42 heavy (non-hydrogen) atoms. The second kappa shape index (κ2) is 9.82. The molecule has 0 N–H and O–H groups in total. The van der Waals surface area contributed by atoms with Gasteiger partial charge in [-0.3, -0.25) is 9.59 Å². The van der Waals surface area contributed by atoms with Gasteiger partial charge in [0.25, 0.3) is 0 Å². The van der Waals surface area contributed by atoms with Crippen LogP contribution in [0.15, 0.2) is 42.0 Å². The van der Waals surface area contributed by atoms with E-state index in [1.54, 1.807) is 7.11 Å². The summed E-state index contributed by atoms with van der Waals surface area (Å²) in [6.07, 6.45) is 11.5. The highest BCUT2D eigenvalue weighted by Gasteiger charge is 2.72. The molecule has 0 amide bonds. The summed E-state index contributed by atoms with van der Waals surface area (Å²) in [5.41, 5.74) is 2.83. The normalized spacial score (nSPS) is 44.9. The number of hydrogen-bond donors (Lipinski definition) is 0. The molecule has 5 saturated carbocycles. The van der Waals surface area contributed by atoms with Gasteiger partial charge in [-0.15, -0.1) is 0 Å². The number of halogens is 1. The van der Waals surface area contributed by atoms with Gasteiger partial charge in [0.05, 0.1) is 12.5 Å². The molecule has 0 radical (unpaired) electrons. The summed E-state index contributed by atoms with van der Waals surface area (Å²) >= 11 is 6.18. The third kappa shape index (κ3) is 3.90. The first kappa shape index (κ1) is 30.2. The highest BCUT2D eigenvalue weighted by molar-refractivity contribution is 6.30. The lowest BCUT2D eigenvalue weighted by atomic mass is 9.32. The number of hydrogen-bond acceptors (Lipinski definition) is 3. The van der Waals surface area contributed by atoms with E-state index in [1.807, 2.05) is 24.3 Å². The van der Waals surface area contributed by atoms with E-state index < -0.39 is 5.41 Å². The largest absolute Gasteiger partial charge is 0.469 e. The van der Waals surface area contributed by atoms with Crippen LogP contribution >= 0.6 is 11.6 Å². The van der Waals surface area contributed by atoms with Crippen molar-refractivity contribution in [3.63, 3.8) is 0 Å². The maximum atomic E-state index is 14.1. The Hall–Kier alpha value is -1.87. The SMILES string of the molecule is C=C(C)[C@@H]1CCC2(C(=O)OC)CC[C@]3(C)C(CCC4[C@@]5(C)CC(=Cc6ccc(Cl)cc6)C(=O)C(C)(C)C5CC[C@]43C)C12. The molecule has 9 atom stereocenters. The summed E-state index contributed by atoms with van der Waals surface area (Å²) < 4.78 is 5.54. The van der Waals surface area contributed by atoms with Gasteiger partial charge < -0.3 is 4.74 Å². The van der Waals surface area contributed by atoms with Crippen LogP contribution in [0.5, 0.6) is 0 Å². The molecule has 6 rings (SSSR count). The number of rotatable bonds is 3. The van der Waals surface area contributed by atoms with E-state index >= 15 is 0 Å². The topological polar surface area (TPSA) is 43.4 Å². The molecule has 5 aliphatic rings. The van der Waals surface area contributed by atoms with Crippen LogP contribution in [0.2, 0.25) is 5.02 Å². The first-order valence-corrected chi connectivity index (χ1v) is 16.8. The second-order valence-electron chi connectivity index (χ2n) is 16.3. The van der Waals surface area contributed by atoms with Crippen LogP contribution in [-0.2, 0) is 14.3 Å². The van der Waals surface area contributed by atoms with Gasteiger partial charge in [0.1, 0.15) is 0 Å². The van der Waals surface area contributed by atoms with Crippen molar-refractivity contribution in [1.29, 1.82) is 0 Å². The van der Waals surface area contributed by atoms with Gasteiger partial charge in [-0.1, -0.05) is 70.5 Å². The number of ketones is 1. The van der Waals surface area contributed by atoms with E-state index in [0.29, 0.717) is 40.4 Å². The van der Waals surface area contributed by atoms with Gasteiger partial charge in [-0.2, -0.15) is 0 Å². The highest BCUT2D eigenvalue weighted by atomic mass is 35.5. The summed E-state index contributed by atoms with van der Waals surface area (Å²) in [6, 6.07) is 7.87. The lowest BCUT2D eigenvalue weighted by molar-refractivity contribution is -0.232. The summed E-state index contributed by atoms with van der Waals surface area (Å²) in [6.45, 7) is 18.8. The van der Waals surface area contributed by atoms with Crippen LogP contribution in [0.25, 0.3) is 6.08 Å². The maximum Gasteiger partial charge on any atom is 0.312 e. The van der Waals surface area contributed by atoms with Crippen molar-refractivity contribution < 1.29 is 14.3 Å². The first-order valence-electron chi connectivity index (χ1n) is 16.4. The predicted molar refractivity (Wildman–Crippen MR) is 171 cm³/mol. The van der Waals surface area contributed by atoms with Crippen molar-refractivity contribution >= 4 is 29.4 Å². The Morgan fingerprint density at radius 2 is 1.62 bits per heavy atom. The molecular weight excluding hydrogens is 540 g/mol. The monoisotopic (exact) mass is 590 g/mol. The number of fused-ring (bicyclic) bond motifs is 7. The standard InChI is InChI=1S/C38H51ClO3/c1-23(2)27-15-18-38(33(41)42-8)20-19-36(6)28(31(27)38)13-14-30-35(5)22-25(21-24-9-11-26(39)12-10-24)32(40)34(3,4)29(35)16-17-37(30,36)7/h9-12,21,27-31H,1,13-20,22H2,2-8H3/t27-,28?,29?,30?,31?,35-,36+,37+,38?/m0/s1. The Morgan fingerprint density at radius 1 is 0.929 bits per heavy atom. The molecule has 1 aromatic carbocycles. The van der Waals surface area contributed by atoms with E-state index in [9.17, 15) is 9.59 Å². The molecule has 1 aromatic rings. The zero-order valence-electron chi connectivity index (χ0n) is 26.9. The number of esters is 1. The molecule has 0 spiro atoms. The molecule has 0 heterocycles. The second-order valence-corrected chi connectivity index (χ2v) is 16.7. The fourth-order valence-electron chi connectivity index (χ4n) is 12.4. The molecule has 0 aromatic heterocycles. The smallest absolute Gasteiger partial charge is 0.312 e. The van der Waals surface area contributed by atoms with E-state index in [0.717, 1.165) is 62.5 Å². The van der Waals surface area contributed by atoms with Crippen molar-refractivity contribution in [2.24, 2.45) is 56.7 Å². The quantitative estimate of drug-likeness (QED) is 0.200. The third-order valence-electron chi connectivity index (χ3n) is 14.5. The minimum atomic E-state index is -0.395. The van der Waals surface area contributed by atoms with E-state index in [2.05, 4.69) is 54.2 Å². The lowest BCUT2D eigenvalue weighted by Crippen LogP contribution is -2.67. The van der Waals surface area contributed by atoms with E-state index in [1.165, 1.54) is 12.0 Å². The Morgan fingerprint density at radius 3 is 2.26 bits per heavy atom. The summed E-state index contributed by atoms with van der Waals surface area (Å²) in [4.78, 5) is 27.6. The number of ether oxygens (including phenoxy) is 1. The Labute approximate surface area is 258 Å². The number of allylic oxidation sites excluding steroid dienone is 2. The fraction of sp³-hybridized carbons (Fsp3) is 0.684. The van der Waals surface area contributed by atoms with E-state index in [-0.39, 0.29) is 27.6 Å². The number of benzene rings is 1. The van der Waals surface area contributed by atoms with Gasteiger partial charge >= 0.3 is 5.97 Å². The average Bonchev–Trinajstić information content (AvgIpc) is 3.34. The summed E-state index contributed by atoms with van der Waals surface area (Å²) in [5.74, 6) is 2.42. The van der Waals surface area contributed by atoms with Crippen LogP contribution in [0.1, 0.15) is 105 Å². The molecule has 3 nitrogen and oxygen atoms in total. The molecule has 5 unspecified atom stereocenters. The molecule has 5 fully saturated rings. The minimum Gasteiger partial charge on any atom is -0.469 e. The van der Waals surface area contributed by atoms with Gasteiger partial charge in [-0.05, 0) is 140 Å². The van der Waals surface area contributed by atoms with Crippen molar-refractivity contribution in [2.45, 2.75) is 99.3 Å². The Balaban J connectivity index is 1.41. The number of Topliss-reactive ketones (excluding diaryl/α,β-unsaturated/α-hetero) is 1. The third-order valence-corrected chi connectivity index (χ3v) is 14.7. The molecular formula is C38H51ClO3. The molecule has 0 bridgehead atoms. The number of carbonyl (C=O) groups is 2. The molecule has 0 aliphatic heterocycles. The molecule has 228 valence electrons. The van der Waals surface area contributed by atoms with Crippen LogP contribution in [0.4, 0.5) is 0 Å². The lowest BCUT2D eigenvalue weighted by Gasteiger charge is -2.72. The van der Waals surface area contributed by atoms with Crippen molar-refractivity contribution in [3.8, 4) is 0 Å². The highest BCUT2D eigenvalue weighted by Crippen LogP contribution is 2.77. The van der Waals surface area contributed by atoms with Crippen LogP contribution in [0.3, 0.4) is 0 Å². The average molecular weight is 591 g/mol. The maximum absolute atomic E-state index is 14.1. The van der Waals surface area contributed by atoms with Gasteiger partial charge in [0, 0.05) is 10.4 Å². The zero-order valence-corrected chi connectivity index (χ0v) is 27.7. The fourth-order valence-corrected chi connectivity index (χ4v) is 12.6. The van der Waals surface area contributed by atoms with Gasteiger partial charge in [0.2, 0.25) is 0 Å². The molecule has 4 heteroatoms. The molecule has 0 saturated heterocycles. The van der Waals surface area contributed by atoms with Crippen molar-refractivity contribution in [3.05, 3.63) is 52.6 Å². The van der Waals surface area contributed by atoms with Crippen LogP contribution < -0.4 is 0 Å². The first-order chi connectivity index (χ1) is 19.7. The summed E-state index contributed by atoms with van der Waals surface area (Å²) in [5, 5.41) is 0.715. The van der Waals surface area contributed by atoms with Gasteiger partial charge in [0.15, 0.2) is 5.78 Å². The van der Waals surface area contributed by atoms with E-state index in [4.69, 9.17) is 16.3 Å². The van der Waals surface area contributed by atoms with Crippen LogP contribution in [-0.4, -0.2) is 18.9 Å². The zero-order chi connectivity index (χ0) is 30.5. The molecule has 5 aliphatic carbocycles. The van der Waals surface area contributed by atoms with Gasteiger partial charge in [-0.25, -0.2) is 0 Å². The Bertz CT molecular complexity index is 1340. The van der Waals surface area contributed by atoms with Crippen molar-refractivity contribution in [2.75, 3.05) is 7.11 Å². The minimum absolute atomic E-state index is 0.0192. The predicted octanol–water partition coefficient (Wildman–Crippen LogP) is 9.73. The summed E-state index contributed by atoms with van der Waals surface area (Å²) in [7, 11) is 1.58. The number of carbonyl (C=O) groups excluding carboxylic acids is 2. The van der Waals surface area contributed by atoms with Crippen molar-refractivity contribution in [1.82, 2.24) is 0 Å². The number of methoxy groups -OCH3 is 1. The van der Waals surface area contributed by atoms with Crippen LogP contribution in [0, 0.1) is 56.7 Å².